The van der Waals surface area contributed by atoms with Crippen molar-refractivity contribution in [1.82, 2.24) is 14.9 Å². The maximum absolute atomic E-state index is 5.45. The van der Waals surface area contributed by atoms with E-state index in [2.05, 4.69) is 10.1 Å². The van der Waals surface area contributed by atoms with Crippen LogP contribution in [0.25, 0.3) is 10.9 Å². The SMILES string of the molecule is Nn1ncc2cnccc21. The average Bonchev–Trinajstić information content (AvgIpc) is 2.34. The van der Waals surface area contributed by atoms with Gasteiger partial charge in [-0.1, -0.05) is 0 Å². The minimum atomic E-state index is 0.898. The summed E-state index contributed by atoms with van der Waals surface area (Å²) in [7, 11) is 0. The number of nitrogens with two attached hydrogens (primary N) is 1. The van der Waals surface area contributed by atoms with Crippen LogP contribution in [0.5, 0.6) is 0 Å². The second-order valence-electron chi connectivity index (χ2n) is 2.02. The van der Waals surface area contributed by atoms with Gasteiger partial charge in [0.1, 0.15) is 0 Å². The second-order valence-corrected chi connectivity index (χ2v) is 2.02. The van der Waals surface area contributed by atoms with E-state index in [0.717, 1.165) is 10.9 Å². The number of hydrogen-bond acceptors (Lipinski definition) is 3. The van der Waals surface area contributed by atoms with Crippen LogP contribution in [0.4, 0.5) is 0 Å². The van der Waals surface area contributed by atoms with Crippen LogP contribution in [0.2, 0.25) is 0 Å². The molecule has 0 aliphatic carbocycles. The van der Waals surface area contributed by atoms with Crippen LogP contribution in [-0.2, 0) is 0 Å². The van der Waals surface area contributed by atoms with Gasteiger partial charge >= 0.3 is 0 Å². The maximum atomic E-state index is 5.45. The lowest BCUT2D eigenvalue weighted by Gasteiger charge is -1.89. The van der Waals surface area contributed by atoms with Crippen LogP contribution in [0.3, 0.4) is 0 Å². The Hall–Kier alpha value is -1.58. The summed E-state index contributed by atoms with van der Waals surface area (Å²) in [5.74, 6) is 5.45. The summed E-state index contributed by atoms with van der Waals surface area (Å²) in [6.45, 7) is 0. The monoisotopic (exact) mass is 134 g/mol. The number of hydrogen-bond donors (Lipinski definition) is 1. The fourth-order valence-electron chi connectivity index (χ4n) is 0.894. The number of rotatable bonds is 0. The van der Waals surface area contributed by atoms with Crippen LogP contribution in [-0.4, -0.2) is 14.9 Å². The molecule has 50 valence electrons. The van der Waals surface area contributed by atoms with Crippen molar-refractivity contribution in [2.24, 2.45) is 0 Å². The minimum Gasteiger partial charge on any atom is -0.323 e. The van der Waals surface area contributed by atoms with Gasteiger partial charge in [0.2, 0.25) is 0 Å². The summed E-state index contributed by atoms with van der Waals surface area (Å²) >= 11 is 0. The molecule has 4 heteroatoms. The summed E-state index contributed by atoms with van der Waals surface area (Å²) in [5.41, 5.74) is 0.898. The van der Waals surface area contributed by atoms with E-state index < -0.39 is 0 Å². The first-order valence-corrected chi connectivity index (χ1v) is 2.91. The third-order valence-electron chi connectivity index (χ3n) is 1.40. The van der Waals surface area contributed by atoms with Crippen molar-refractivity contribution in [2.45, 2.75) is 0 Å². The molecular weight excluding hydrogens is 128 g/mol. The van der Waals surface area contributed by atoms with E-state index in [4.69, 9.17) is 5.84 Å². The van der Waals surface area contributed by atoms with Crippen molar-refractivity contribution in [2.75, 3.05) is 5.84 Å². The fourth-order valence-corrected chi connectivity index (χ4v) is 0.894. The third-order valence-corrected chi connectivity index (χ3v) is 1.40. The molecule has 0 saturated heterocycles. The highest BCUT2D eigenvalue weighted by Gasteiger charge is 1.95. The molecule has 2 heterocycles. The van der Waals surface area contributed by atoms with Crippen molar-refractivity contribution in [1.29, 1.82) is 0 Å². The van der Waals surface area contributed by atoms with E-state index in [1.165, 1.54) is 4.79 Å². The topological polar surface area (TPSA) is 56.7 Å². The molecule has 0 fully saturated rings. The van der Waals surface area contributed by atoms with Gasteiger partial charge in [-0.2, -0.15) is 9.89 Å². The molecule has 0 aliphatic heterocycles. The first kappa shape index (κ1) is 5.22. The molecular formula is C6H6N4. The predicted octanol–water partition coefficient (Wildman–Crippen LogP) is 0.145. The molecule has 0 radical (unpaired) electrons. The normalized spacial score (nSPS) is 10.4. The summed E-state index contributed by atoms with van der Waals surface area (Å²) < 4.78 is 0. The van der Waals surface area contributed by atoms with Gasteiger partial charge < -0.3 is 5.84 Å². The van der Waals surface area contributed by atoms with Crippen LogP contribution in [0, 0.1) is 0 Å². The Kier molecular flexibility index (Phi) is 0.887. The zero-order valence-corrected chi connectivity index (χ0v) is 5.23. The number of pyridine rings is 1. The van der Waals surface area contributed by atoms with Crippen LogP contribution in [0.15, 0.2) is 24.7 Å². The maximum Gasteiger partial charge on any atom is 0.0946 e. The smallest absolute Gasteiger partial charge is 0.0946 e. The van der Waals surface area contributed by atoms with Crippen LogP contribution >= 0.6 is 0 Å². The van der Waals surface area contributed by atoms with Gasteiger partial charge in [-0.05, 0) is 6.07 Å². The summed E-state index contributed by atoms with van der Waals surface area (Å²) in [4.78, 5) is 5.25. The second kappa shape index (κ2) is 1.70. The van der Waals surface area contributed by atoms with Crippen molar-refractivity contribution < 1.29 is 0 Å². The first-order chi connectivity index (χ1) is 4.88. The van der Waals surface area contributed by atoms with Crippen LogP contribution in [0.1, 0.15) is 0 Å². The molecule has 2 aromatic heterocycles. The Bertz CT molecular complexity index is 351. The fraction of sp³-hybridized carbons (Fsp3) is 0. The molecule has 0 amide bonds. The number of aromatic nitrogens is 3. The molecule has 4 nitrogen and oxygen atoms in total. The molecule has 10 heavy (non-hydrogen) atoms. The summed E-state index contributed by atoms with van der Waals surface area (Å²) in [6.07, 6.45) is 5.10. The van der Waals surface area contributed by atoms with Crippen molar-refractivity contribution in [3.05, 3.63) is 24.7 Å². The van der Waals surface area contributed by atoms with Gasteiger partial charge in [-0.25, -0.2) is 0 Å². The van der Waals surface area contributed by atoms with Gasteiger partial charge in [0.25, 0.3) is 0 Å². The summed E-state index contributed by atoms with van der Waals surface area (Å²) in [5, 5.41) is 4.81. The molecule has 0 bridgehead atoms. The lowest BCUT2D eigenvalue weighted by Crippen LogP contribution is -2.08. The quantitative estimate of drug-likeness (QED) is 0.521. The number of fused-ring (bicyclic) bond motifs is 1. The minimum absolute atomic E-state index is 0.898. The molecule has 2 N–H and O–H groups in total. The van der Waals surface area contributed by atoms with Gasteiger partial charge in [-0.15, -0.1) is 0 Å². The van der Waals surface area contributed by atoms with E-state index in [-0.39, 0.29) is 0 Å². The molecule has 0 aromatic carbocycles. The molecule has 0 unspecified atom stereocenters. The molecule has 2 aromatic rings. The summed E-state index contributed by atoms with van der Waals surface area (Å²) in [6, 6.07) is 1.82. The van der Waals surface area contributed by atoms with Gasteiger partial charge in [-0.3, -0.25) is 4.98 Å². The lowest BCUT2D eigenvalue weighted by molar-refractivity contribution is 0.862. The predicted molar refractivity (Wildman–Crippen MR) is 37.7 cm³/mol. The van der Waals surface area contributed by atoms with Gasteiger partial charge in [0, 0.05) is 17.8 Å². The van der Waals surface area contributed by atoms with Crippen molar-refractivity contribution >= 4 is 10.9 Å². The standard InChI is InChI=1S/C6H6N4/c7-10-6-1-2-8-3-5(6)4-9-10/h1-4H,7H2. The van der Waals surface area contributed by atoms with E-state index in [1.807, 2.05) is 6.07 Å². The highest BCUT2D eigenvalue weighted by Crippen LogP contribution is 2.07. The average molecular weight is 134 g/mol. The third kappa shape index (κ3) is 0.556. The van der Waals surface area contributed by atoms with Gasteiger partial charge in [0.15, 0.2) is 0 Å². The molecule has 0 aliphatic rings. The van der Waals surface area contributed by atoms with Crippen molar-refractivity contribution in [3.8, 4) is 0 Å². The lowest BCUT2D eigenvalue weighted by atomic mass is 10.3. The Morgan fingerprint density at radius 3 is 3.10 bits per heavy atom. The molecule has 2 rings (SSSR count). The first-order valence-electron chi connectivity index (χ1n) is 2.91. The van der Waals surface area contributed by atoms with Gasteiger partial charge in [0.05, 0.1) is 11.7 Å². The molecule has 0 saturated carbocycles. The highest BCUT2D eigenvalue weighted by atomic mass is 15.5. The number of nitrogen functional groups attached to an aromatic ring is 1. The zero-order chi connectivity index (χ0) is 6.97. The highest BCUT2D eigenvalue weighted by molar-refractivity contribution is 5.76. The Morgan fingerprint density at radius 1 is 1.40 bits per heavy atom. The Balaban J connectivity index is 2.93. The Labute approximate surface area is 57.2 Å². The largest absolute Gasteiger partial charge is 0.323 e. The zero-order valence-electron chi connectivity index (χ0n) is 5.23. The Morgan fingerprint density at radius 2 is 2.30 bits per heavy atom. The van der Waals surface area contributed by atoms with Crippen molar-refractivity contribution in [3.63, 3.8) is 0 Å². The number of nitrogens with zero attached hydrogens (tertiary/aromatic N) is 3. The van der Waals surface area contributed by atoms with E-state index in [1.54, 1.807) is 18.6 Å². The van der Waals surface area contributed by atoms with E-state index in [9.17, 15) is 0 Å². The van der Waals surface area contributed by atoms with E-state index >= 15 is 0 Å². The van der Waals surface area contributed by atoms with E-state index in [0.29, 0.717) is 0 Å². The molecule has 0 atom stereocenters. The van der Waals surface area contributed by atoms with Crippen LogP contribution < -0.4 is 5.84 Å². The molecule has 0 spiro atoms.